The molecule has 27 heavy (non-hydrogen) atoms. The van der Waals surface area contributed by atoms with E-state index in [4.69, 9.17) is 0 Å². The van der Waals surface area contributed by atoms with Crippen LogP contribution in [0, 0.1) is 0 Å². The molecule has 140 valence electrons. The number of hydrogen-bond acceptors (Lipinski definition) is 4. The first-order valence-corrected chi connectivity index (χ1v) is 9.07. The number of rotatable bonds is 6. The van der Waals surface area contributed by atoms with Crippen molar-refractivity contribution in [2.24, 2.45) is 0 Å². The van der Waals surface area contributed by atoms with Crippen molar-refractivity contribution < 1.29 is 18.0 Å². The molecule has 8 heteroatoms. The quantitative estimate of drug-likeness (QED) is 0.688. The number of halogens is 3. The van der Waals surface area contributed by atoms with Gasteiger partial charge < -0.3 is 5.32 Å². The topological polar surface area (TPSA) is 54.9 Å². The lowest BCUT2D eigenvalue weighted by Gasteiger charge is -2.08. The highest BCUT2D eigenvalue weighted by atomic mass is 32.1. The SMILES string of the molecule is O=C(Cc1csc(-c2cccnc2)n1)NCCc1ccc(C(F)(F)F)cc1. The second-order valence-electron chi connectivity index (χ2n) is 5.86. The Morgan fingerprint density at radius 3 is 2.59 bits per heavy atom. The van der Waals surface area contributed by atoms with E-state index in [2.05, 4.69) is 15.3 Å². The highest BCUT2D eigenvalue weighted by molar-refractivity contribution is 7.13. The van der Waals surface area contributed by atoms with E-state index in [1.165, 1.54) is 23.5 Å². The van der Waals surface area contributed by atoms with Crippen LogP contribution >= 0.6 is 11.3 Å². The van der Waals surface area contributed by atoms with Crippen LogP contribution in [0.25, 0.3) is 10.6 Å². The summed E-state index contributed by atoms with van der Waals surface area (Å²) in [7, 11) is 0. The lowest BCUT2D eigenvalue weighted by atomic mass is 10.1. The second kappa shape index (κ2) is 8.30. The van der Waals surface area contributed by atoms with Gasteiger partial charge >= 0.3 is 6.18 Å². The summed E-state index contributed by atoms with van der Waals surface area (Å²) in [5.74, 6) is -0.176. The summed E-state index contributed by atoms with van der Waals surface area (Å²) >= 11 is 1.45. The minimum absolute atomic E-state index is 0.157. The predicted octanol–water partition coefficient (Wildman–Crippen LogP) is 4.13. The summed E-state index contributed by atoms with van der Waals surface area (Å²) in [5, 5.41) is 5.40. The molecule has 0 spiro atoms. The van der Waals surface area contributed by atoms with Gasteiger partial charge in [-0.05, 0) is 36.2 Å². The van der Waals surface area contributed by atoms with Crippen molar-refractivity contribution in [2.45, 2.75) is 19.0 Å². The van der Waals surface area contributed by atoms with E-state index < -0.39 is 11.7 Å². The third-order valence-corrected chi connectivity index (χ3v) is 4.76. The molecule has 0 saturated heterocycles. The van der Waals surface area contributed by atoms with Crippen molar-refractivity contribution in [1.82, 2.24) is 15.3 Å². The van der Waals surface area contributed by atoms with E-state index in [1.54, 1.807) is 12.4 Å². The van der Waals surface area contributed by atoms with Crippen molar-refractivity contribution in [3.8, 4) is 10.6 Å². The van der Waals surface area contributed by atoms with Crippen LogP contribution in [-0.4, -0.2) is 22.4 Å². The Morgan fingerprint density at radius 1 is 1.15 bits per heavy atom. The number of carbonyl (C=O) groups excluding carboxylic acids is 1. The summed E-state index contributed by atoms with van der Waals surface area (Å²) in [6.07, 6.45) is -0.324. The average molecular weight is 391 g/mol. The van der Waals surface area contributed by atoms with Gasteiger partial charge in [-0.3, -0.25) is 9.78 Å². The molecule has 2 aromatic heterocycles. The molecule has 0 atom stereocenters. The van der Waals surface area contributed by atoms with Gasteiger partial charge in [0, 0.05) is 29.9 Å². The third kappa shape index (κ3) is 5.37. The molecule has 1 N–H and O–H groups in total. The van der Waals surface area contributed by atoms with Crippen molar-refractivity contribution in [1.29, 1.82) is 0 Å². The molecule has 0 saturated carbocycles. The molecule has 0 radical (unpaired) electrons. The number of nitrogens with zero attached hydrogens (tertiary/aromatic N) is 2. The van der Waals surface area contributed by atoms with Crippen LogP contribution in [0.3, 0.4) is 0 Å². The zero-order valence-electron chi connectivity index (χ0n) is 14.2. The number of carbonyl (C=O) groups is 1. The highest BCUT2D eigenvalue weighted by Gasteiger charge is 2.29. The summed E-state index contributed by atoms with van der Waals surface area (Å²) in [6.45, 7) is 0.351. The smallest absolute Gasteiger partial charge is 0.355 e. The number of amides is 1. The molecule has 3 rings (SSSR count). The van der Waals surface area contributed by atoms with Crippen LogP contribution in [-0.2, 0) is 23.8 Å². The lowest BCUT2D eigenvalue weighted by Crippen LogP contribution is -2.27. The zero-order valence-corrected chi connectivity index (χ0v) is 15.0. The molecule has 0 aliphatic rings. The number of alkyl halides is 3. The van der Waals surface area contributed by atoms with Crippen LogP contribution in [0.15, 0.2) is 54.2 Å². The number of benzene rings is 1. The highest BCUT2D eigenvalue weighted by Crippen LogP contribution is 2.29. The van der Waals surface area contributed by atoms with Crippen LogP contribution in [0.2, 0.25) is 0 Å². The Bertz CT molecular complexity index is 893. The number of hydrogen-bond donors (Lipinski definition) is 1. The van der Waals surface area contributed by atoms with Gasteiger partial charge in [-0.1, -0.05) is 12.1 Å². The van der Waals surface area contributed by atoms with E-state index in [1.807, 2.05) is 17.5 Å². The fourth-order valence-electron chi connectivity index (χ4n) is 2.44. The van der Waals surface area contributed by atoms with Crippen LogP contribution in [0.4, 0.5) is 13.2 Å². The fraction of sp³-hybridized carbons (Fsp3) is 0.211. The lowest BCUT2D eigenvalue weighted by molar-refractivity contribution is -0.137. The summed E-state index contributed by atoms with van der Waals surface area (Å²) in [6, 6.07) is 8.67. The molecular weight excluding hydrogens is 375 g/mol. The van der Waals surface area contributed by atoms with Gasteiger partial charge in [0.2, 0.25) is 5.91 Å². The van der Waals surface area contributed by atoms with E-state index in [0.29, 0.717) is 18.7 Å². The Balaban J connectivity index is 1.47. The number of thiazole rings is 1. The molecule has 4 nitrogen and oxygen atoms in total. The maximum absolute atomic E-state index is 12.5. The molecule has 0 aliphatic heterocycles. The Hall–Kier alpha value is -2.74. The van der Waals surface area contributed by atoms with Crippen LogP contribution in [0.5, 0.6) is 0 Å². The zero-order chi connectivity index (χ0) is 19.3. The van der Waals surface area contributed by atoms with Gasteiger partial charge in [-0.2, -0.15) is 13.2 Å². The molecule has 0 bridgehead atoms. The minimum atomic E-state index is -4.34. The Labute approximate surface area is 158 Å². The predicted molar refractivity (Wildman–Crippen MR) is 97.2 cm³/mol. The van der Waals surface area contributed by atoms with E-state index in [9.17, 15) is 18.0 Å². The van der Waals surface area contributed by atoms with Crippen molar-refractivity contribution in [2.75, 3.05) is 6.54 Å². The largest absolute Gasteiger partial charge is 0.416 e. The van der Waals surface area contributed by atoms with Crippen LogP contribution < -0.4 is 5.32 Å². The minimum Gasteiger partial charge on any atom is -0.355 e. The molecule has 1 aromatic carbocycles. The van der Waals surface area contributed by atoms with Crippen molar-refractivity contribution in [3.05, 3.63) is 71.0 Å². The first-order chi connectivity index (χ1) is 12.9. The van der Waals surface area contributed by atoms with Gasteiger partial charge in [0.05, 0.1) is 17.7 Å². The molecule has 3 aromatic rings. The van der Waals surface area contributed by atoms with Gasteiger partial charge in [0.15, 0.2) is 0 Å². The number of nitrogens with one attached hydrogen (secondary N) is 1. The maximum atomic E-state index is 12.5. The number of pyridine rings is 1. The van der Waals surface area contributed by atoms with E-state index in [0.717, 1.165) is 28.3 Å². The van der Waals surface area contributed by atoms with Gasteiger partial charge in [-0.25, -0.2) is 4.98 Å². The Morgan fingerprint density at radius 2 is 1.93 bits per heavy atom. The molecule has 2 heterocycles. The molecular formula is C19H16F3N3OS. The fourth-order valence-corrected chi connectivity index (χ4v) is 3.25. The van der Waals surface area contributed by atoms with Crippen molar-refractivity contribution in [3.63, 3.8) is 0 Å². The van der Waals surface area contributed by atoms with Gasteiger partial charge in [-0.15, -0.1) is 11.3 Å². The summed E-state index contributed by atoms with van der Waals surface area (Å²) < 4.78 is 37.6. The number of aromatic nitrogens is 2. The van der Waals surface area contributed by atoms with Gasteiger partial charge in [0.1, 0.15) is 5.01 Å². The third-order valence-electron chi connectivity index (χ3n) is 3.82. The van der Waals surface area contributed by atoms with Gasteiger partial charge in [0.25, 0.3) is 0 Å². The molecule has 0 fully saturated rings. The Kier molecular flexibility index (Phi) is 5.85. The van der Waals surface area contributed by atoms with Crippen LogP contribution in [0.1, 0.15) is 16.8 Å². The monoisotopic (exact) mass is 391 g/mol. The normalized spacial score (nSPS) is 11.4. The van der Waals surface area contributed by atoms with E-state index >= 15 is 0 Å². The summed E-state index contributed by atoms with van der Waals surface area (Å²) in [4.78, 5) is 20.5. The first-order valence-electron chi connectivity index (χ1n) is 8.19. The molecule has 1 amide bonds. The standard InChI is InChI=1S/C19H16F3N3OS/c20-19(21,22)15-5-3-13(4-6-15)7-9-24-17(26)10-16-12-27-18(25-16)14-2-1-8-23-11-14/h1-6,8,11-12H,7,9-10H2,(H,24,26). The second-order valence-corrected chi connectivity index (χ2v) is 6.72. The summed E-state index contributed by atoms with van der Waals surface area (Å²) in [5.41, 5.74) is 1.63. The average Bonchev–Trinajstić information content (AvgIpc) is 3.10. The molecule has 0 aliphatic carbocycles. The van der Waals surface area contributed by atoms with Crippen molar-refractivity contribution >= 4 is 17.2 Å². The first kappa shape index (κ1) is 19.0. The maximum Gasteiger partial charge on any atom is 0.416 e. The molecule has 0 unspecified atom stereocenters. The van der Waals surface area contributed by atoms with E-state index in [-0.39, 0.29) is 12.3 Å².